The van der Waals surface area contributed by atoms with Crippen molar-refractivity contribution < 1.29 is 4.39 Å². The fourth-order valence-electron chi connectivity index (χ4n) is 3.36. The molecular formula is C16H19Cl2FN2. The summed E-state index contributed by atoms with van der Waals surface area (Å²) in [6.07, 6.45) is 3.78. The largest absolute Gasteiger partial charge is 0.326 e. The SMILES string of the molecule is CC(Cl)c1nc2cc(F)c(Cl)cc2n1CC1CCCC1C. The van der Waals surface area contributed by atoms with E-state index in [1.807, 2.05) is 6.92 Å². The van der Waals surface area contributed by atoms with Crippen LogP contribution in [-0.4, -0.2) is 9.55 Å². The van der Waals surface area contributed by atoms with Gasteiger partial charge in [-0.25, -0.2) is 9.37 Å². The van der Waals surface area contributed by atoms with Crippen LogP contribution in [0.1, 0.15) is 44.3 Å². The highest BCUT2D eigenvalue weighted by Gasteiger charge is 2.26. The van der Waals surface area contributed by atoms with Crippen molar-refractivity contribution in [3.63, 3.8) is 0 Å². The van der Waals surface area contributed by atoms with Gasteiger partial charge in [0, 0.05) is 12.6 Å². The van der Waals surface area contributed by atoms with Crippen LogP contribution in [0.15, 0.2) is 12.1 Å². The lowest BCUT2D eigenvalue weighted by molar-refractivity contribution is 0.363. The third-order valence-electron chi connectivity index (χ3n) is 4.63. The first-order chi connectivity index (χ1) is 9.97. The summed E-state index contributed by atoms with van der Waals surface area (Å²) >= 11 is 12.2. The fourth-order valence-corrected chi connectivity index (χ4v) is 3.69. The summed E-state index contributed by atoms with van der Waals surface area (Å²) in [6.45, 7) is 5.08. The second-order valence-electron chi connectivity index (χ2n) is 6.12. The highest BCUT2D eigenvalue weighted by Crippen LogP contribution is 2.35. The van der Waals surface area contributed by atoms with Gasteiger partial charge in [-0.1, -0.05) is 31.4 Å². The predicted octanol–water partition coefficient (Wildman–Crippen LogP) is 5.56. The van der Waals surface area contributed by atoms with Crippen LogP contribution in [0.25, 0.3) is 11.0 Å². The predicted molar refractivity (Wildman–Crippen MR) is 85.5 cm³/mol. The van der Waals surface area contributed by atoms with Gasteiger partial charge in [0.1, 0.15) is 11.6 Å². The van der Waals surface area contributed by atoms with Crippen LogP contribution in [-0.2, 0) is 6.54 Å². The van der Waals surface area contributed by atoms with E-state index in [0.29, 0.717) is 17.4 Å². The third kappa shape index (κ3) is 2.78. The minimum absolute atomic E-state index is 0.136. The second kappa shape index (κ2) is 5.77. The molecule has 1 aliphatic carbocycles. The number of hydrogen-bond acceptors (Lipinski definition) is 1. The molecule has 0 bridgehead atoms. The van der Waals surface area contributed by atoms with Gasteiger partial charge in [0.05, 0.1) is 21.4 Å². The summed E-state index contributed by atoms with van der Waals surface area (Å²) in [7, 11) is 0. The summed E-state index contributed by atoms with van der Waals surface area (Å²) in [5, 5.41) is -0.0761. The lowest BCUT2D eigenvalue weighted by atomic mass is 9.98. The van der Waals surface area contributed by atoms with Gasteiger partial charge >= 0.3 is 0 Å². The monoisotopic (exact) mass is 328 g/mol. The van der Waals surface area contributed by atoms with Gasteiger partial charge in [-0.3, -0.25) is 0 Å². The Morgan fingerprint density at radius 2 is 2.19 bits per heavy atom. The van der Waals surface area contributed by atoms with Crippen molar-refractivity contribution in [2.24, 2.45) is 11.8 Å². The number of hydrogen-bond donors (Lipinski definition) is 0. The minimum atomic E-state index is -0.433. The lowest BCUT2D eigenvalue weighted by Crippen LogP contribution is -2.15. The maximum atomic E-state index is 13.6. The zero-order valence-corrected chi connectivity index (χ0v) is 13.8. The number of halogens is 3. The van der Waals surface area contributed by atoms with Crippen molar-refractivity contribution >= 4 is 34.2 Å². The van der Waals surface area contributed by atoms with Gasteiger partial charge in [-0.2, -0.15) is 0 Å². The number of alkyl halides is 1. The second-order valence-corrected chi connectivity index (χ2v) is 7.18. The summed E-state index contributed by atoms with van der Waals surface area (Å²) in [6, 6.07) is 3.07. The Balaban J connectivity index is 2.09. The topological polar surface area (TPSA) is 17.8 Å². The van der Waals surface area contributed by atoms with E-state index in [4.69, 9.17) is 23.2 Å². The number of benzene rings is 1. The standard InChI is InChI=1S/C16H19Cl2FN2/c1-9-4-3-5-11(9)8-21-15-6-12(18)13(19)7-14(15)20-16(21)10(2)17/h6-7,9-11H,3-5,8H2,1-2H3. The molecule has 0 amide bonds. The molecule has 1 aromatic heterocycles. The quantitative estimate of drug-likeness (QED) is 0.674. The smallest absolute Gasteiger partial charge is 0.144 e. The number of nitrogens with zero attached hydrogens (tertiary/aromatic N) is 2. The molecule has 2 aromatic rings. The lowest BCUT2D eigenvalue weighted by Gasteiger charge is -2.19. The van der Waals surface area contributed by atoms with E-state index in [2.05, 4.69) is 16.5 Å². The van der Waals surface area contributed by atoms with E-state index in [-0.39, 0.29) is 10.4 Å². The van der Waals surface area contributed by atoms with E-state index < -0.39 is 5.82 Å². The Bertz CT molecular complexity index is 666. The van der Waals surface area contributed by atoms with Gasteiger partial charge in [-0.15, -0.1) is 11.6 Å². The molecule has 1 aliphatic rings. The van der Waals surface area contributed by atoms with Crippen molar-refractivity contribution in [1.82, 2.24) is 9.55 Å². The molecule has 0 spiro atoms. The molecule has 3 unspecified atom stereocenters. The highest BCUT2D eigenvalue weighted by molar-refractivity contribution is 6.31. The van der Waals surface area contributed by atoms with Crippen molar-refractivity contribution in [1.29, 1.82) is 0 Å². The zero-order valence-electron chi connectivity index (χ0n) is 12.2. The first kappa shape index (κ1) is 15.1. The Morgan fingerprint density at radius 1 is 1.43 bits per heavy atom. The Kier molecular flexibility index (Phi) is 4.15. The molecule has 2 nitrogen and oxygen atoms in total. The first-order valence-electron chi connectivity index (χ1n) is 7.46. The van der Waals surface area contributed by atoms with E-state index in [1.165, 1.54) is 25.3 Å². The van der Waals surface area contributed by atoms with Crippen molar-refractivity contribution in [3.05, 3.63) is 28.8 Å². The average molecular weight is 329 g/mol. The molecule has 114 valence electrons. The van der Waals surface area contributed by atoms with Gasteiger partial charge in [-0.05, 0) is 31.2 Å². The number of imidazole rings is 1. The summed E-state index contributed by atoms with van der Waals surface area (Å²) < 4.78 is 15.8. The highest BCUT2D eigenvalue weighted by atomic mass is 35.5. The van der Waals surface area contributed by atoms with Gasteiger partial charge < -0.3 is 4.57 Å². The summed E-state index contributed by atoms with van der Waals surface area (Å²) in [4.78, 5) is 4.51. The van der Waals surface area contributed by atoms with Crippen LogP contribution in [0.4, 0.5) is 4.39 Å². The van der Waals surface area contributed by atoms with Crippen molar-refractivity contribution in [3.8, 4) is 0 Å². The van der Waals surface area contributed by atoms with Gasteiger partial charge in [0.25, 0.3) is 0 Å². The molecule has 21 heavy (non-hydrogen) atoms. The van der Waals surface area contributed by atoms with Crippen LogP contribution in [0.5, 0.6) is 0 Å². The molecule has 5 heteroatoms. The Morgan fingerprint density at radius 3 is 2.81 bits per heavy atom. The van der Waals surface area contributed by atoms with Crippen LogP contribution >= 0.6 is 23.2 Å². The van der Waals surface area contributed by atoms with E-state index in [9.17, 15) is 4.39 Å². The Labute approximate surface area is 134 Å². The molecule has 1 heterocycles. The first-order valence-corrected chi connectivity index (χ1v) is 8.28. The van der Waals surface area contributed by atoms with Gasteiger partial charge in [0.15, 0.2) is 0 Å². The number of aromatic nitrogens is 2. The maximum Gasteiger partial charge on any atom is 0.144 e. The molecule has 1 aromatic carbocycles. The minimum Gasteiger partial charge on any atom is -0.326 e. The van der Waals surface area contributed by atoms with Crippen molar-refractivity contribution in [2.75, 3.05) is 0 Å². The molecule has 1 fully saturated rings. The third-order valence-corrected chi connectivity index (χ3v) is 5.12. The molecule has 3 atom stereocenters. The van der Waals surface area contributed by atoms with E-state index >= 15 is 0 Å². The van der Waals surface area contributed by atoms with Crippen LogP contribution < -0.4 is 0 Å². The molecule has 3 rings (SSSR count). The summed E-state index contributed by atoms with van der Waals surface area (Å²) in [5.74, 6) is 1.70. The fraction of sp³-hybridized carbons (Fsp3) is 0.562. The Hall–Kier alpha value is -0.800. The molecular weight excluding hydrogens is 310 g/mol. The molecule has 1 saturated carbocycles. The summed E-state index contributed by atoms with van der Waals surface area (Å²) in [5.41, 5.74) is 1.51. The normalized spacial score (nSPS) is 23.9. The number of rotatable bonds is 3. The van der Waals surface area contributed by atoms with Crippen LogP contribution in [0, 0.1) is 17.7 Å². The van der Waals surface area contributed by atoms with Gasteiger partial charge in [0.2, 0.25) is 0 Å². The number of fused-ring (bicyclic) bond motifs is 1. The molecule has 0 radical (unpaired) electrons. The van der Waals surface area contributed by atoms with Crippen molar-refractivity contribution in [2.45, 2.75) is 45.0 Å². The zero-order chi connectivity index (χ0) is 15.1. The van der Waals surface area contributed by atoms with Crippen LogP contribution in [0.2, 0.25) is 5.02 Å². The maximum absolute atomic E-state index is 13.6. The molecule has 0 aliphatic heterocycles. The van der Waals surface area contributed by atoms with Crippen LogP contribution in [0.3, 0.4) is 0 Å². The van der Waals surface area contributed by atoms with E-state index in [1.54, 1.807) is 6.07 Å². The average Bonchev–Trinajstić information content (AvgIpc) is 2.97. The molecule has 0 N–H and O–H groups in total. The van der Waals surface area contributed by atoms with E-state index in [0.717, 1.165) is 17.9 Å². The molecule has 0 saturated heterocycles.